The van der Waals surface area contributed by atoms with Crippen molar-refractivity contribution in [2.24, 2.45) is 0 Å². The second-order valence-electron chi connectivity index (χ2n) is 3.77. The molecule has 1 rings (SSSR count). The minimum absolute atomic E-state index is 0.698. The highest BCUT2D eigenvalue weighted by Crippen LogP contribution is 2.01. The van der Waals surface area contributed by atoms with Crippen LogP contribution in [0.3, 0.4) is 0 Å². The molecule has 0 aromatic heterocycles. The summed E-state index contributed by atoms with van der Waals surface area (Å²) in [6, 6.07) is 10.2. The van der Waals surface area contributed by atoms with E-state index in [1.165, 1.54) is 5.56 Å². The zero-order valence-corrected chi connectivity index (χ0v) is 10.5. The molecular formula is C16H20O. The molecular weight excluding hydrogens is 208 g/mol. The van der Waals surface area contributed by atoms with Crippen LogP contribution in [0, 0.1) is 11.8 Å². The maximum atomic E-state index is 5.56. The van der Waals surface area contributed by atoms with Gasteiger partial charge in [-0.2, -0.15) is 0 Å². The molecule has 90 valence electrons. The Morgan fingerprint density at radius 3 is 2.82 bits per heavy atom. The molecule has 0 N–H and O–H groups in total. The highest BCUT2D eigenvalue weighted by molar-refractivity contribution is 5.15. The van der Waals surface area contributed by atoms with Gasteiger partial charge in [0.25, 0.3) is 0 Å². The monoisotopic (exact) mass is 228 g/mol. The second-order valence-corrected chi connectivity index (χ2v) is 3.77. The van der Waals surface area contributed by atoms with E-state index in [1.807, 2.05) is 24.3 Å². The van der Waals surface area contributed by atoms with Gasteiger partial charge in [-0.05, 0) is 24.5 Å². The Bertz CT molecular complexity index is 368. The van der Waals surface area contributed by atoms with Crippen molar-refractivity contribution in [2.75, 3.05) is 6.61 Å². The summed E-state index contributed by atoms with van der Waals surface area (Å²) < 4.78 is 5.56. The predicted molar refractivity (Wildman–Crippen MR) is 72.5 cm³/mol. The van der Waals surface area contributed by atoms with Gasteiger partial charge in [0, 0.05) is 13.0 Å². The van der Waals surface area contributed by atoms with Gasteiger partial charge in [-0.25, -0.2) is 0 Å². The van der Waals surface area contributed by atoms with Gasteiger partial charge >= 0.3 is 0 Å². The van der Waals surface area contributed by atoms with Crippen molar-refractivity contribution in [3.63, 3.8) is 0 Å². The smallest absolute Gasteiger partial charge is 0.0716 e. The molecule has 17 heavy (non-hydrogen) atoms. The third-order valence-electron chi connectivity index (χ3n) is 2.24. The normalized spacial score (nSPS) is 10.2. The van der Waals surface area contributed by atoms with E-state index in [0.29, 0.717) is 6.61 Å². The van der Waals surface area contributed by atoms with E-state index in [9.17, 15) is 0 Å². The Labute approximate surface area is 105 Å². The number of benzene rings is 1. The molecule has 0 fully saturated rings. The first-order chi connectivity index (χ1) is 8.43. The molecule has 1 nitrogen and oxygen atoms in total. The largest absolute Gasteiger partial charge is 0.377 e. The molecule has 0 saturated heterocycles. The van der Waals surface area contributed by atoms with Crippen LogP contribution in [0.2, 0.25) is 0 Å². The first-order valence-corrected chi connectivity index (χ1v) is 6.18. The molecule has 0 heterocycles. The first kappa shape index (κ1) is 13.5. The topological polar surface area (TPSA) is 9.23 Å². The maximum absolute atomic E-state index is 5.56. The first-order valence-electron chi connectivity index (χ1n) is 6.18. The highest BCUT2D eigenvalue weighted by Gasteiger charge is 1.90. The summed E-state index contributed by atoms with van der Waals surface area (Å²) in [5.74, 6) is 6.11. The number of hydrogen-bond acceptors (Lipinski definition) is 1. The van der Waals surface area contributed by atoms with Crippen LogP contribution in [0.1, 0.15) is 31.7 Å². The minimum atomic E-state index is 0.698. The molecule has 1 aromatic rings. The Morgan fingerprint density at radius 2 is 2.06 bits per heavy atom. The molecule has 0 bridgehead atoms. The summed E-state index contributed by atoms with van der Waals surface area (Å²) in [5, 5.41) is 0. The molecule has 0 aliphatic carbocycles. The van der Waals surface area contributed by atoms with E-state index < -0.39 is 0 Å². The fraction of sp³-hybridized carbons (Fsp3) is 0.375. The van der Waals surface area contributed by atoms with Gasteiger partial charge in [-0.15, -0.1) is 0 Å². The molecule has 0 aliphatic rings. The zero-order chi connectivity index (χ0) is 12.2. The Morgan fingerprint density at radius 1 is 1.24 bits per heavy atom. The van der Waals surface area contributed by atoms with Crippen molar-refractivity contribution in [3.8, 4) is 11.8 Å². The van der Waals surface area contributed by atoms with E-state index in [4.69, 9.17) is 4.74 Å². The average molecular weight is 228 g/mol. The van der Waals surface area contributed by atoms with Crippen LogP contribution in [0.5, 0.6) is 0 Å². The number of rotatable bonds is 6. The van der Waals surface area contributed by atoms with Crippen molar-refractivity contribution in [3.05, 3.63) is 48.0 Å². The molecule has 0 unspecified atom stereocenters. The molecule has 0 aliphatic heterocycles. The zero-order valence-electron chi connectivity index (χ0n) is 10.5. The standard InChI is InChI=1S/C16H20O/c1-2-3-4-5-6-7-11-14-17-15-16-12-9-8-10-13-16/h3-4,8-10,12-13H,2,7,11,14-15H2,1H3/b4-3-. The van der Waals surface area contributed by atoms with E-state index in [0.717, 1.165) is 25.9 Å². The molecule has 1 aromatic carbocycles. The third-order valence-corrected chi connectivity index (χ3v) is 2.24. The minimum Gasteiger partial charge on any atom is -0.377 e. The van der Waals surface area contributed by atoms with Crippen LogP contribution in [0.25, 0.3) is 0 Å². The maximum Gasteiger partial charge on any atom is 0.0716 e. The van der Waals surface area contributed by atoms with Gasteiger partial charge in [-0.3, -0.25) is 0 Å². The van der Waals surface area contributed by atoms with Crippen LogP contribution in [0.15, 0.2) is 42.5 Å². The summed E-state index contributed by atoms with van der Waals surface area (Å²) in [6.07, 6.45) is 6.95. The number of allylic oxidation sites excluding steroid dienone is 2. The SMILES string of the molecule is CC/C=C\C#CCCCOCc1ccccc1. The summed E-state index contributed by atoms with van der Waals surface area (Å²) in [7, 11) is 0. The lowest BCUT2D eigenvalue weighted by Crippen LogP contribution is -1.94. The Balaban J connectivity index is 2.01. The fourth-order valence-electron chi connectivity index (χ4n) is 1.33. The number of unbranched alkanes of at least 4 members (excludes halogenated alkanes) is 1. The lowest BCUT2D eigenvalue weighted by Gasteiger charge is -2.02. The van der Waals surface area contributed by atoms with Crippen molar-refractivity contribution in [2.45, 2.75) is 32.8 Å². The molecule has 0 saturated carbocycles. The second kappa shape index (κ2) is 9.69. The Kier molecular flexibility index (Phi) is 7.72. The average Bonchev–Trinajstić information content (AvgIpc) is 2.38. The van der Waals surface area contributed by atoms with Gasteiger partial charge in [0.05, 0.1) is 6.61 Å². The van der Waals surface area contributed by atoms with Crippen molar-refractivity contribution < 1.29 is 4.74 Å². The molecule has 0 radical (unpaired) electrons. The van der Waals surface area contributed by atoms with E-state index in [2.05, 4.69) is 37.0 Å². The van der Waals surface area contributed by atoms with Crippen molar-refractivity contribution in [1.82, 2.24) is 0 Å². The molecule has 1 heteroatoms. The van der Waals surface area contributed by atoms with E-state index in [1.54, 1.807) is 0 Å². The van der Waals surface area contributed by atoms with Gasteiger partial charge in [-0.1, -0.05) is 55.2 Å². The summed E-state index contributed by atoms with van der Waals surface area (Å²) >= 11 is 0. The number of ether oxygens (including phenoxy) is 1. The lowest BCUT2D eigenvalue weighted by atomic mass is 10.2. The van der Waals surface area contributed by atoms with Gasteiger partial charge < -0.3 is 4.74 Å². The highest BCUT2D eigenvalue weighted by atomic mass is 16.5. The van der Waals surface area contributed by atoms with Crippen LogP contribution in [0.4, 0.5) is 0 Å². The summed E-state index contributed by atoms with van der Waals surface area (Å²) in [5.41, 5.74) is 1.23. The number of hydrogen-bond donors (Lipinski definition) is 0. The molecule has 0 atom stereocenters. The van der Waals surface area contributed by atoms with E-state index in [-0.39, 0.29) is 0 Å². The van der Waals surface area contributed by atoms with Crippen LogP contribution >= 0.6 is 0 Å². The van der Waals surface area contributed by atoms with Gasteiger partial charge in [0.1, 0.15) is 0 Å². The summed E-state index contributed by atoms with van der Waals surface area (Å²) in [6.45, 7) is 3.58. The fourth-order valence-corrected chi connectivity index (χ4v) is 1.33. The molecule has 0 amide bonds. The van der Waals surface area contributed by atoms with Crippen molar-refractivity contribution in [1.29, 1.82) is 0 Å². The lowest BCUT2D eigenvalue weighted by molar-refractivity contribution is 0.119. The van der Waals surface area contributed by atoms with Crippen LogP contribution in [-0.2, 0) is 11.3 Å². The summed E-state index contributed by atoms with van der Waals surface area (Å²) in [4.78, 5) is 0. The van der Waals surface area contributed by atoms with Gasteiger partial charge in [0.15, 0.2) is 0 Å². The van der Waals surface area contributed by atoms with Crippen LogP contribution in [-0.4, -0.2) is 6.61 Å². The molecule has 0 spiro atoms. The Hall–Kier alpha value is -1.52. The van der Waals surface area contributed by atoms with E-state index >= 15 is 0 Å². The quantitative estimate of drug-likeness (QED) is 0.529. The third kappa shape index (κ3) is 7.38. The van der Waals surface area contributed by atoms with Crippen molar-refractivity contribution >= 4 is 0 Å². The van der Waals surface area contributed by atoms with Crippen LogP contribution < -0.4 is 0 Å². The van der Waals surface area contributed by atoms with Gasteiger partial charge in [0.2, 0.25) is 0 Å². The predicted octanol–water partition coefficient (Wildman–Crippen LogP) is 3.95.